The van der Waals surface area contributed by atoms with Crippen LogP contribution in [0, 0.1) is 5.82 Å². The van der Waals surface area contributed by atoms with Crippen LogP contribution in [0.15, 0.2) is 48.5 Å². The summed E-state index contributed by atoms with van der Waals surface area (Å²) in [4.78, 5) is 12.2. The molecule has 0 radical (unpaired) electrons. The maximum Gasteiger partial charge on any atom is 0.242 e. The van der Waals surface area contributed by atoms with Gasteiger partial charge in [-0.25, -0.2) is 4.39 Å². The summed E-state index contributed by atoms with van der Waals surface area (Å²) in [5.74, 6) is -0.185. The fourth-order valence-corrected chi connectivity index (χ4v) is 2.72. The molecule has 2 atom stereocenters. The summed E-state index contributed by atoms with van der Waals surface area (Å²) >= 11 is 0. The normalized spacial score (nSPS) is 20.8. The average Bonchev–Trinajstić information content (AvgIpc) is 2.49. The lowest BCUT2D eigenvalue weighted by Gasteiger charge is -2.31. The highest BCUT2D eigenvalue weighted by atomic mass is 19.1. The largest absolute Gasteiger partial charge is 0.324 e. The van der Waals surface area contributed by atoms with Gasteiger partial charge in [0, 0.05) is 18.2 Å². The highest BCUT2D eigenvalue weighted by molar-refractivity contribution is 5.98. The van der Waals surface area contributed by atoms with Crippen LogP contribution in [0.4, 0.5) is 10.1 Å². The first-order valence-corrected chi connectivity index (χ1v) is 7.03. The van der Waals surface area contributed by atoms with Gasteiger partial charge in [0.15, 0.2) is 0 Å². The topological polar surface area (TPSA) is 41.1 Å². The third kappa shape index (κ3) is 2.81. The number of carbonyl (C=O) groups is 1. The van der Waals surface area contributed by atoms with Crippen LogP contribution >= 0.6 is 0 Å². The lowest BCUT2D eigenvalue weighted by atomic mass is 9.88. The van der Waals surface area contributed by atoms with Gasteiger partial charge in [-0.3, -0.25) is 4.79 Å². The summed E-state index contributed by atoms with van der Waals surface area (Å²) < 4.78 is 12.9. The number of nitrogens with one attached hydrogen (secondary N) is 2. The summed E-state index contributed by atoms with van der Waals surface area (Å²) in [5, 5.41) is 6.19. The molecule has 21 heavy (non-hydrogen) atoms. The Morgan fingerprint density at radius 3 is 2.62 bits per heavy atom. The van der Waals surface area contributed by atoms with Crippen molar-refractivity contribution in [2.24, 2.45) is 0 Å². The maximum atomic E-state index is 12.9. The van der Waals surface area contributed by atoms with Crippen LogP contribution in [0.5, 0.6) is 0 Å². The monoisotopic (exact) mass is 284 g/mol. The lowest BCUT2D eigenvalue weighted by Crippen LogP contribution is -2.46. The molecule has 0 fully saturated rings. The molecular formula is C17H17FN2O. The minimum Gasteiger partial charge on any atom is -0.324 e. The second kappa shape index (κ2) is 5.66. The standard InChI is InChI=1S/C17H17FN2O/c1-11-14-4-2-3-5-15(14)20-17(21)16(11)19-10-12-6-8-13(18)9-7-12/h2-9,11,16,19H,10H2,1H3,(H,20,21). The van der Waals surface area contributed by atoms with E-state index in [9.17, 15) is 9.18 Å². The molecule has 2 aromatic rings. The van der Waals surface area contributed by atoms with Gasteiger partial charge in [0.1, 0.15) is 5.82 Å². The number of rotatable bonds is 3. The Labute approximate surface area is 123 Å². The molecule has 4 heteroatoms. The van der Waals surface area contributed by atoms with E-state index in [1.807, 2.05) is 31.2 Å². The molecule has 0 saturated heterocycles. The zero-order valence-corrected chi connectivity index (χ0v) is 11.8. The number of amides is 1. The molecular weight excluding hydrogens is 267 g/mol. The predicted molar refractivity (Wildman–Crippen MR) is 80.5 cm³/mol. The molecule has 3 nitrogen and oxygen atoms in total. The number of hydrogen-bond donors (Lipinski definition) is 2. The van der Waals surface area contributed by atoms with E-state index >= 15 is 0 Å². The van der Waals surface area contributed by atoms with E-state index in [1.165, 1.54) is 12.1 Å². The van der Waals surface area contributed by atoms with Crippen molar-refractivity contribution in [1.29, 1.82) is 0 Å². The van der Waals surface area contributed by atoms with Crippen LogP contribution in [0.25, 0.3) is 0 Å². The molecule has 2 aromatic carbocycles. The smallest absolute Gasteiger partial charge is 0.242 e. The van der Waals surface area contributed by atoms with Gasteiger partial charge in [-0.15, -0.1) is 0 Å². The molecule has 1 amide bonds. The molecule has 0 spiro atoms. The van der Waals surface area contributed by atoms with E-state index in [1.54, 1.807) is 12.1 Å². The van der Waals surface area contributed by atoms with E-state index in [0.29, 0.717) is 6.54 Å². The van der Waals surface area contributed by atoms with Crippen LogP contribution in [0.2, 0.25) is 0 Å². The van der Waals surface area contributed by atoms with Crippen LogP contribution in [0.3, 0.4) is 0 Å². The zero-order chi connectivity index (χ0) is 14.8. The second-order valence-electron chi connectivity index (χ2n) is 5.35. The molecule has 3 rings (SSSR count). The molecule has 0 aromatic heterocycles. The summed E-state index contributed by atoms with van der Waals surface area (Å²) in [6.07, 6.45) is 0. The molecule has 2 N–H and O–H groups in total. The molecule has 1 heterocycles. The number of halogens is 1. The van der Waals surface area contributed by atoms with Crippen molar-refractivity contribution in [2.75, 3.05) is 5.32 Å². The van der Waals surface area contributed by atoms with E-state index in [0.717, 1.165) is 16.8 Å². The minimum atomic E-state index is -0.287. The quantitative estimate of drug-likeness (QED) is 0.909. The summed E-state index contributed by atoms with van der Waals surface area (Å²) in [5.41, 5.74) is 2.97. The van der Waals surface area contributed by atoms with Gasteiger partial charge in [0.25, 0.3) is 0 Å². The molecule has 1 aliphatic heterocycles. The van der Waals surface area contributed by atoms with Crippen molar-refractivity contribution in [3.8, 4) is 0 Å². The number of para-hydroxylation sites is 1. The fraction of sp³-hybridized carbons (Fsp3) is 0.235. The Morgan fingerprint density at radius 2 is 1.86 bits per heavy atom. The SMILES string of the molecule is CC1c2ccccc2NC(=O)C1NCc1ccc(F)cc1. The van der Waals surface area contributed by atoms with Crippen molar-refractivity contribution in [3.63, 3.8) is 0 Å². The minimum absolute atomic E-state index is 0.0247. The fourth-order valence-electron chi connectivity index (χ4n) is 2.72. The zero-order valence-electron chi connectivity index (χ0n) is 11.8. The van der Waals surface area contributed by atoms with Gasteiger partial charge in [-0.05, 0) is 29.3 Å². The predicted octanol–water partition coefficient (Wildman–Crippen LogP) is 3.04. The Balaban J connectivity index is 1.74. The van der Waals surface area contributed by atoms with Gasteiger partial charge in [0.05, 0.1) is 6.04 Å². The van der Waals surface area contributed by atoms with Crippen LogP contribution in [-0.2, 0) is 11.3 Å². The van der Waals surface area contributed by atoms with Gasteiger partial charge in [-0.1, -0.05) is 37.3 Å². The van der Waals surface area contributed by atoms with E-state index in [2.05, 4.69) is 10.6 Å². The van der Waals surface area contributed by atoms with Crippen LogP contribution < -0.4 is 10.6 Å². The number of anilines is 1. The van der Waals surface area contributed by atoms with Crippen LogP contribution in [-0.4, -0.2) is 11.9 Å². The summed E-state index contributed by atoms with van der Waals surface area (Å²) in [6, 6.07) is 13.9. The van der Waals surface area contributed by atoms with E-state index in [4.69, 9.17) is 0 Å². The lowest BCUT2D eigenvalue weighted by molar-refractivity contribution is -0.119. The third-order valence-electron chi connectivity index (χ3n) is 3.93. The third-order valence-corrected chi connectivity index (χ3v) is 3.93. The Kier molecular flexibility index (Phi) is 3.71. The summed E-state index contributed by atoms with van der Waals surface area (Å²) in [7, 11) is 0. The average molecular weight is 284 g/mol. The molecule has 108 valence electrons. The van der Waals surface area contributed by atoms with E-state index in [-0.39, 0.29) is 23.7 Å². The summed E-state index contributed by atoms with van der Waals surface area (Å²) in [6.45, 7) is 2.57. The first-order chi connectivity index (χ1) is 10.1. The maximum absolute atomic E-state index is 12.9. The molecule has 0 saturated carbocycles. The van der Waals surface area contributed by atoms with Crippen molar-refractivity contribution < 1.29 is 9.18 Å². The van der Waals surface area contributed by atoms with Gasteiger partial charge < -0.3 is 10.6 Å². The van der Waals surface area contributed by atoms with Crippen molar-refractivity contribution in [2.45, 2.75) is 25.4 Å². The first-order valence-electron chi connectivity index (χ1n) is 7.03. The highest BCUT2D eigenvalue weighted by Crippen LogP contribution is 2.31. The van der Waals surface area contributed by atoms with Gasteiger partial charge in [-0.2, -0.15) is 0 Å². The highest BCUT2D eigenvalue weighted by Gasteiger charge is 2.32. The Morgan fingerprint density at radius 1 is 1.14 bits per heavy atom. The number of fused-ring (bicyclic) bond motifs is 1. The van der Waals surface area contributed by atoms with E-state index < -0.39 is 0 Å². The van der Waals surface area contributed by atoms with Crippen LogP contribution in [0.1, 0.15) is 24.0 Å². The molecule has 0 bridgehead atoms. The molecule has 1 aliphatic rings. The van der Waals surface area contributed by atoms with Crippen molar-refractivity contribution in [3.05, 3.63) is 65.5 Å². The second-order valence-corrected chi connectivity index (χ2v) is 5.35. The number of benzene rings is 2. The number of carbonyl (C=O) groups excluding carboxylic acids is 1. The Hall–Kier alpha value is -2.20. The molecule has 0 aliphatic carbocycles. The van der Waals surface area contributed by atoms with Crippen molar-refractivity contribution >= 4 is 11.6 Å². The Bertz CT molecular complexity index is 654. The van der Waals surface area contributed by atoms with Gasteiger partial charge in [0.2, 0.25) is 5.91 Å². The first kappa shape index (κ1) is 13.8. The van der Waals surface area contributed by atoms with Crippen molar-refractivity contribution in [1.82, 2.24) is 5.32 Å². The number of hydrogen-bond acceptors (Lipinski definition) is 2. The molecule has 2 unspecified atom stereocenters. The van der Waals surface area contributed by atoms with Gasteiger partial charge >= 0.3 is 0 Å².